The topological polar surface area (TPSA) is 49.3 Å². The van der Waals surface area contributed by atoms with E-state index in [1.807, 2.05) is 12.1 Å². The summed E-state index contributed by atoms with van der Waals surface area (Å²) in [6.07, 6.45) is 8.31. The van der Waals surface area contributed by atoms with Crippen molar-refractivity contribution in [2.24, 2.45) is 11.8 Å². The summed E-state index contributed by atoms with van der Waals surface area (Å²) in [5, 5.41) is 12.6. The van der Waals surface area contributed by atoms with Crippen molar-refractivity contribution in [2.45, 2.75) is 51.1 Å². The first-order valence-corrected chi connectivity index (χ1v) is 7.79. The number of carbonyl (C=O) groups is 1. The molecule has 20 heavy (non-hydrogen) atoms. The zero-order chi connectivity index (χ0) is 13.9. The Hall–Kier alpha value is -1.35. The molecule has 0 saturated heterocycles. The third-order valence-electron chi connectivity index (χ3n) is 5.06. The lowest BCUT2D eigenvalue weighted by atomic mass is 9.68. The second-order valence-corrected chi connectivity index (χ2v) is 6.29. The average Bonchev–Trinajstić information content (AvgIpc) is 2.32. The molecule has 1 aromatic carbocycles. The van der Waals surface area contributed by atoms with Crippen LogP contribution in [-0.2, 0) is 6.54 Å². The molecule has 108 valence electrons. The number of benzene rings is 1. The third-order valence-corrected chi connectivity index (χ3v) is 5.06. The maximum Gasteiger partial charge on any atom is 0.335 e. The molecule has 2 fully saturated rings. The smallest absolute Gasteiger partial charge is 0.335 e. The lowest BCUT2D eigenvalue weighted by Gasteiger charge is -2.43. The maximum atomic E-state index is 10.8. The minimum absolute atomic E-state index is 0.364. The Morgan fingerprint density at radius 2 is 1.65 bits per heavy atom. The molecule has 0 heterocycles. The highest BCUT2D eigenvalue weighted by Crippen LogP contribution is 2.40. The van der Waals surface area contributed by atoms with E-state index in [0.29, 0.717) is 11.6 Å². The number of nitrogens with one attached hydrogen (secondary N) is 1. The first-order valence-electron chi connectivity index (χ1n) is 7.79. The number of hydrogen-bond donors (Lipinski definition) is 2. The van der Waals surface area contributed by atoms with Crippen molar-refractivity contribution < 1.29 is 9.90 Å². The highest BCUT2D eigenvalue weighted by atomic mass is 16.4. The Morgan fingerprint density at radius 3 is 2.05 bits per heavy atom. The van der Waals surface area contributed by atoms with Crippen LogP contribution in [0.4, 0.5) is 0 Å². The van der Waals surface area contributed by atoms with Crippen molar-refractivity contribution in [3.63, 3.8) is 0 Å². The van der Waals surface area contributed by atoms with E-state index in [2.05, 4.69) is 5.32 Å². The summed E-state index contributed by atoms with van der Waals surface area (Å²) in [6.45, 7) is 0.859. The number of hydrogen-bond acceptors (Lipinski definition) is 2. The van der Waals surface area contributed by atoms with Gasteiger partial charge in [-0.3, -0.25) is 0 Å². The van der Waals surface area contributed by atoms with Gasteiger partial charge in [0.25, 0.3) is 0 Å². The van der Waals surface area contributed by atoms with E-state index in [0.717, 1.165) is 18.4 Å². The second kappa shape index (κ2) is 5.96. The molecule has 2 aliphatic rings. The zero-order valence-electron chi connectivity index (χ0n) is 11.8. The SMILES string of the molecule is O=C(O)c1ccc(CNC(C2CCC2)C2CCC2)cc1. The molecular formula is C17H23NO2. The van der Waals surface area contributed by atoms with Crippen LogP contribution < -0.4 is 5.32 Å². The van der Waals surface area contributed by atoms with Crippen molar-refractivity contribution in [3.05, 3.63) is 35.4 Å². The van der Waals surface area contributed by atoms with Crippen LogP contribution in [0.1, 0.15) is 54.4 Å². The van der Waals surface area contributed by atoms with Gasteiger partial charge in [0.15, 0.2) is 0 Å². The quantitative estimate of drug-likeness (QED) is 0.834. The van der Waals surface area contributed by atoms with Crippen LogP contribution in [0, 0.1) is 11.8 Å². The molecule has 0 radical (unpaired) electrons. The summed E-state index contributed by atoms with van der Waals surface area (Å²) in [7, 11) is 0. The van der Waals surface area contributed by atoms with Gasteiger partial charge in [-0.15, -0.1) is 0 Å². The predicted octanol–water partition coefficient (Wildman–Crippen LogP) is 3.44. The standard InChI is InChI=1S/C17H23NO2/c19-17(20)15-9-7-12(8-10-15)11-18-16(13-3-1-4-13)14-5-2-6-14/h7-10,13-14,16,18H,1-6,11H2,(H,19,20). The average molecular weight is 273 g/mol. The number of carboxylic acids is 1. The summed E-state index contributed by atoms with van der Waals surface area (Å²) >= 11 is 0. The Balaban J connectivity index is 1.57. The summed E-state index contributed by atoms with van der Waals surface area (Å²) in [5.41, 5.74) is 1.54. The fraction of sp³-hybridized carbons (Fsp3) is 0.588. The molecule has 2 aliphatic carbocycles. The summed E-state index contributed by atoms with van der Waals surface area (Å²) in [6, 6.07) is 7.92. The number of carboxylic acid groups (broad SMARTS) is 1. The Kier molecular flexibility index (Phi) is 4.06. The van der Waals surface area contributed by atoms with Gasteiger partial charge in [-0.25, -0.2) is 4.79 Å². The molecule has 0 aromatic heterocycles. The molecule has 0 amide bonds. The highest BCUT2D eigenvalue weighted by molar-refractivity contribution is 5.87. The lowest BCUT2D eigenvalue weighted by molar-refractivity contribution is 0.0697. The molecule has 2 N–H and O–H groups in total. The van der Waals surface area contributed by atoms with Gasteiger partial charge in [0, 0.05) is 12.6 Å². The van der Waals surface area contributed by atoms with Gasteiger partial charge in [-0.05, 0) is 55.2 Å². The van der Waals surface area contributed by atoms with E-state index in [1.165, 1.54) is 44.1 Å². The van der Waals surface area contributed by atoms with E-state index >= 15 is 0 Å². The Labute approximate surface area is 120 Å². The van der Waals surface area contributed by atoms with Crippen molar-refractivity contribution in [2.75, 3.05) is 0 Å². The van der Waals surface area contributed by atoms with E-state index in [-0.39, 0.29) is 0 Å². The predicted molar refractivity (Wildman–Crippen MR) is 78.7 cm³/mol. The minimum atomic E-state index is -0.855. The van der Waals surface area contributed by atoms with Crippen LogP contribution in [-0.4, -0.2) is 17.1 Å². The van der Waals surface area contributed by atoms with Crippen molar-refractivity contribution in [1.82, 2.24) is 5.32 Å². The first-order chi connectivity index (χ1) is 9.74. The summed E-state index contributed by atoms with van der Waals surface area (Å²) in [5.74, 6) is 0.892. The molecule has 3 nitrogen and oxygen atoms in total. The van der Waals surface area contributed by atoms with Gasteiger partial charge in [-0.1, -0.05) is 25.0 Å². The molecule has 0 spiro atoms. The van der Waals surface area contributed by atoms with Gasteiger partial charge in [0.05, 0.1) is 5.56 Å². The molecule has 3 heteroatoms. The van der Waals surface area contributed by atoms with Gasteiger partial charge in [0.1, 0.15) is 0 Å². The van der Waals surface area contributed by atoms with Crippen LogP contribution in [0.25, 0.3) is 0 Å². The van der Waals surface area contributed by atoms with Gasteiger partial charge < -0.3 is 10.4 Å². The van der Waals surface area contributed by atoms with Crippen LogP contribution in [0.15, 0.2) is 24.3 Å². The molecule has 0 bridgehead atoms. The highest BCUT2D eigenvalue weighted by Gasteiger charge is 2.35. The van der Waals surface area contributed by atoms with E-state index in [4.69, 9.17) is 5.11 Å². The molecule has 3 rings (SSSR count). The second-order valence-electron chi connectivity index (χ2n) is 6.29. The lowest BCUT2D eigenvalue weighted by Crippen LogP contribution is -2.46. The molecule has 0 aliphatic heterocycles. The minimum Gasteiger partial charge on any atom is -0.478 e. The van der Waals surface area contributed by atoms with Crippen molar-refractivity contribution in [3.8, 4) is 0 Å². The normalized spacial score (nSPS) is 19.6. The van der Waals surface area contributed by atoms with E-state index in [9.17, 15) is 4.79 Å². The molecule has 0 atom stereocenters. The Bertz CT molecular complexity index is 446. The van der Waals surface area contributed by atoms with Crippen molar-refractivity contribution in [1.29, 1.82) is 0 Å². The van der Waals surface area contributed by atoms with Crippen LogP contribution >= 0.6 is 0 Å². The van der Waals surface area contributed by atoms with Crippen LogP contribution in [0.2, 0.25) is 0 Å². The molecule has 0 unspecified atom stereocenters. The first kappa shape index (κ1) is 13.6. The summed E-state index contributed by atoms with van der Waals surface area (Å²) < 4.78 is 0. The van der Waals surface area contributed by atoms with Crippen LogP contribution in [0.3, 0.4) is 0 Å². The number of rotatable bonds is 6. The largest absolute Gasteiger partial charge is 0.478 e. The monoisotopic (exact) mass is 273 g/mol. The Morgan fingerprint density at radius 1 is 1.10 bits per heavy atom. The van der Waals surface area contributed by atoms with Crippen molar-refractivity contribution >= 4 is 5.97 Å². The van der Waals surface area contributed by atoms with E-state index in [1.54, 1.807) is 12.1 Å². The van der Waals surface area contributed by atoms with Gasteiger partial charge >= 0.3 is 5.97 Å². The molecule has 1 aromatic rings. The molecule has 2 saturated carbocycles. The van der Waals surface area contributed by atoms with Gasteiger partial charge in [0.2, 0.25) is 0 Å². The zero-order valence-corrected chi connectivity index (χ0v) is 11.8. The third kappa shape index (κ3) is 2.88. The fourth-order valence-electron chi connectivity index (χ4n) is 3.32. The molecular weight excluding hydrogens is 250 g/mol. The van der Waals surface area contributed by atoms with Gasteiger partial charge in [-0.2, -0.15) is 0 Å². The maximum absolute atomic E-state index is 10.8. The van der Waals surface area contributed by atoms with E-state index < -0.39 is 5.97 Å². The summed E-state index contributed by atoms with van der Waals surface area (Å²) in [4.78, 5) is 10.8. The fourth-order valence-corrected chi connectivity index (χ4v) is 3.32. The number of aromatic carboxylic acids is 1. The van der Waals surface area contributed by atoms with Crippen LogP contribution in [0.5, 0.6) is 0 Å².